The Bertz CT molecular complexity index is 1070. The molecule has 0 radical (unpaired) electrons. The topological polar surface area (TPSA) is 79.1 Å². The van der Waals surface area contributed by atoms with E-state index in [9.17, 15) is 4.79 Å². The molecule has 1 saturated carbocycles. The number of hydrogen-bond donors (Lipinski definition) is 0. The molecule has 0 amide bonds. The molecule has 2 unspecified atom stereocenters. The summed E-state index contributed by atoms with van der Waals surface area (Å²) >= 11 is 0. The lowest BCUT2D eigenvalue weighted by molar-refractivity contribution is 0.285. The van der Waals surface area contributed by atoms with Gasteiger partial charge in [-0.2, -0.15) is 4.98 Å². The first-order chi connectivity index (χ1) is 14.0. The van der Waals surface area contributed by atoms with E-state index >= 15 is 0 Å². The van der Waals surface area contributed by atoms with Crippen molar-refractivity contribution in [2.24, 2.45) is 13.0 Å². The van der Waals surface area contributed by atoms with Gasteiger partial charge in [-0.15, -0.1) is 0 Å². The van der Waals surface area contributed by atoms with Crippen molar-refractivity contribution >= 4 is 0 Å². The second kappa shape index (κ2) is 7.66. The molecule has 1 aliphatic rings. The highest BCUT2D eigenvalue weighted by atomic mass is 16.5. The van der Waals surface area contributed by atoms with E-state index in [0.29, 0.717) is 35.7 Å². The zero-order valence-electron chi connectivity index (χ0n) is 17.0. The summed E-state index contributed by atoms with van der Waals surface area (Å²) in [6.07, 6.45) is 6.33. The van der Waals surface area contributed by atoms with Gasteiger partial charge < -0.3 is 14.0 Å². The molecule has 1 fully saturated rings. The fourth-order valence-electron chi connectivity index (χ4n) is 3.49. The average Bonchev–Trinajstić information content (AvgIpc) is 3.50. The molecule has 7 heteroatoms. The van der Waals surface area contributed by atoms with Gasteiger partial charge in [0.25, 0.3) is 5.56 Å². The summed E-state index contributed by atoms with van der Waals surface area (Å²) < 4.78 is 12.9. The number of hydrogen-bond acceptors (Lipinski definition) is 6. The van der Waals surface area contributed by atoms with Crippen molar-refractivity contribution in [1.82, 2.24) is 19.5 Å². The Hall–Kier alpha value is -3.22. The van der Waals surface area contributed by atoms with Gasteiger partial charge in [0, 0.05) is 48.1 Å². The Kier molecular flexibility index (Phi) is 5.05. The van der Waals surface area contributed by atoms with Crippen LogP contribution in [0, 0.1) is 19.8 Å². The van der Waals surface area contributed by atoms with Gasteiger partial charge in [-0.3, -0.25) is 9.78 Å². The van der Waals surface area contributed by atoms with Crippen LogP contribution in [0.2, 0.25) is 0 Å². The fraction of sp³-hybridized carbons (Fsp3) is 0.364. The van der Waals surface area contributed by atoms with Crippen LogP contribution in [-0.4, -0.2) is 33.2 Å². The highest BCUT2D eigenvalue weighted by molar-refractivity contribution is 5.67. The molecule has 3 heterocycles. The summed E-state index contributed by atoms with van der Waals surface area (Å²) in [4.78, 5) is 25.3. The SMILES string of the molecule is COc1ccc(C2CC2COc2nc(C)ncc2-c2cc(C)c(=O)n(C)c2)nc1. The number of pyridine rings is 2. The van der Waals surface area contributed by atoms with Gasteiger partial charge in [-0.1, -0.05) is 0 Å². The normalized spacial score (nSPS) is 17.8. The van der Waals surface area contributed by atoms with E-state index in [-0.39, 0.29) is 5.56 Å². The van der Waals surface area contributed by atoms with E-state index in [1.165, 1.54) is 0 Å². The lowest BCUT2D eigenvalue weighted by Crippen LogP contribution is -2.18. The number of nitrogens with zero attached hydrogens (tertiary/aromatic N) is 4. The Morgan fingerprint density at radius 3 is 2.72 bits per heavy atom. The minimum atomic E-state index is -0.0166. The van der Waals surface area contributed by atoms with Gasteiger partial charge in [-0.05, 0) is 38.5 Å². The Labute approximate surface area is 169 Å². The number of aromatic nitrogens is 4. The van der Waals surface area contributed by atoms with E-state index in [1.54, 1.807) is 44.2 Å². The average molecular weight is 392 g/mol. The van der Waals surface area contributed by atoms with Crippen LogP contribution in [-0.2, 0) is 7.05 Å². The van der Waals surface area contributed by atoms with Gasteiger partial charge in [0.1, 0.15) is 11.6 Å². The maximum Gasteiger partial charge on any atom is 0.253 e. The molecule has 0 aromatic carbocycles. The second-order valence-electron chi connectivity index (χ2n) is 7.50. The summed E-state index contributed by atoms with van der Waals surface area (Å²) in [6.45, 7) is 4.20. The summed E-state index contributed by atoms with van der Waals surface area (Å²) in [5.74, 6) is 2.75. The van der Waals surface area contributed by atoms with Gasteiger partial charge in [0.15, 0.2) is 0 Å². The van der Waals surface area contributed by atoms with E-state index < -0.39 is 0 Å². The highest BCUT2D eigenvalue weighted by Crippen LogP contribution is 2.47. The molecule has 0 N–H and O–H groups in total. The minimum absolute atomic E-state index is 0.0166. The molecule has 7 nitrogen and oxygen atoms in total. The number of methoxy groups -OCH3 is 1. The first kappa shape index (κ1) is 19.1. The van der Waals surface area contributed by atoms with E-state index in [0.717, 1.165) is 29.0 Å². The third kappa shape index (κ3) is 3.99. The molecule has 0 spiro atoms. The van der Waals surface area contributed by atoms with E-state index in [1.807, 2.05) is 25.1 Å². The molecule has 0 aliphatic heterocycles. The van der Waals surface area contributed by atoms with E-state index in [2.05, 4.69) is 15.0 Å². The molecular weight excluding hydrogens is 368 g/mol. The smallest absolute Gasteiger partial charge is 0.253 e. The molecular formula is C22H24N4O3. The number of ether oxygens (including phenoxy) is 2. The van der Waals surface area contributed by atoms with Crippen molar-refractivity contribution in [3.8, 4) is 22.8 Å². The number of aryl methyl sites for hydroxylation is 3. The van der Waals surface area contributed by atoms with Crippen LogP contribution >= 0.6 is 0 Å². The molecule has 150 valence electrons. The summed E-state index contributed by atoms with van der Waals surface area (Å²) in [6, 6.07) is 5.80. The molecule has 29 heavy (non-hydrogen) atoms. The quantitative estimate of drug-likeness (QED) is 0.642. The summed E-state index contributed by atoms with van der Waals surface area (Å²) in [5, 5.41) is 0. The van der Waals surface area contributed by atoms with Crippen LogP contribution < -0.4 is 15.0 Å². The maximum absolute atomic E-state index is 12.0. The Balaban J connectivity index is 1.51. The molecule has 3 aromatic heterocycles. The van der Waals surface area contributed by atoms with Gasteiger partial charge >= 0.3 is 0 Å². The van der Waals surface area contributed by atoms with Crippen molar-refractivity contribution in [3.63, 3.8) is 0 Å². The maximum atomic E-state index is 12.0. The molecule has 1 aliphatic carbocycles. The lowest BCUT2D eigenvalue weighted by Gasteiger charge is -2.12. The minimum Gasteiger partial charge on any atom is -0.495 e. The van der Waals surface area contributed by atoms with Crippen molar-refractivity contribution < 1.29 is 9.47 Å². The first-order valence-electron chi connectivity index (χ1n) is 9.60. The van der Waals surface area contributed by atoms with Crippen LogP contribution in [0.3, 0.4) is 0 Å². The molecule has 0 saturated heterocycles. The monoisotopic (exact) mass is 392 g/mol. The predicted molar refractivity (Wildman–Crippen MR) is 109 cm³/mol. The summed E-state index contributed by atoms with van der Waals surface area (Å²) in [5.41, 5.74) is 3.37. The zero-order chi connectivity index (χ0) is 20.5. The highest BCUT2D eigenvalue weighted by Gasteiger charge is 2.40. The first-order valence-corrected chi connectivity index (χ1v) is 9.60. The van der Waals surface area contributed by atoms with E-state index in [4.69, 9.17) is 9.47 Å². The lowest BCUT2D eigenvalue weighted by atomic mass is 10.1. The van der Waals surface area contributed by atoms with Crippen molar-refractivity contribution in [2.45, 2.75) is 26.2 Å². The Morgan fingerprint density at radius 2 is 2.03 bits per heavy atom. The van der Waals surface area contributed by atoms with Crippen LogP contribution in [0.1, 0.15) is 29.4 Å². The third-order valence-corrected chi connectivity index (χ3v) is 5.28. The molecule has 2 atom stereocenters. The molecule has 0 bridgehead atoms. The second-order valence-corrected chi connectivity index (χ2v) is 7.50. The van der Waals surface area contributed by atoms with Crippen LogP contribution in [0.4, 0.5) is 0 Å². The number of rotatable bonds is 6. The zero-order valence-corrected chi connectivity index (χ0v) is 17.0. The summed E-state index contributed by atoms with van der Waals surface area (Å²) in [7, 11) is 3.38. The molecule has 4 rings (SSSR count). The largest absolute Gasteiger partial charge is 0.495 e. The Morgan fingerprint density at radius 1 is 1.21 bits per heavy atom. The fourth-order valence-corrected chi connectivity index (χ4v) is 3.49. The standard InChI is InChI=1S/C22H24N4O3/c1-13-7-15(11-26(3)22(13)27)19-10-23-14(2)25-21(19)29-12-16-8-18(16)20-6-5-17(28-4)9-24-20/h5-7,9-11,16,18H,8,12H2,1-4H3. The van der Waals surface area contributed by atoms with Crippen LogP contribution in [0.25, 0.3) is 11.1 Å². The predicted octanol–water partition coefficient (Wildman–Crippen LogP) is 3.05. The van der Waals surface area contributed by atoms with Gasteiger partial charge in [0.05, 0.1) is 25.5 Å². The third-order valence-electron chi connectivity index (χ3n) is 5.28. The van der Waals surface area contributed by atoms with Crippen molar-refractivity contribution in [2.75, 3.05) is 13.7 Å². The van der Waals surface area contributed by atoms with Crippen molar-refractivity contribution in [1.29, 1.82) is 0 Å². The van der Waals surface area contributed by atoms with Gasteiger partial charge in [0.2, 0.25) is 5.88 Å². The van der Waals surface area contributed by atoms with Gasteiger partial charge in [-0.25, -0.2) is 4.98 Å². The van der Waals surface area contributed by atoms with Crippen molar-refractivity contribution in [3.05, 3.63) is 64.2 Å². The van der Waals surface area contributed by atoms with Crippen LogP contribution in [0.5, 0.6) is 11.6 Å². The van der Waals surface area contributed by atoms with Crippen LogP contribution in [0.15, 0.2) is 41.6 Å². The molecule has 3 aromatic rings.